The molecule has 0 aromatic heterocycles. The summed E-state index contributed by atoms with van der Waals surface area (Å²) in [7, 11) is -4.35. The van der Waals surface area contributed by atoms with Crippen molar-refractivity contribution in [1.29, 1.82) is 0 Å². The van der Waals surface area contributed by atoms with E-state index in [0.29, 0.717) is 6.21 Å². The van der Waals surface area contributed by atoms with Crippen LogP contribution in [0.15, 0.2) is 30.3 Å². The third-order valence-corrected chi connectivity index (χ3v) is 6.47. The maximum absolute atomic E-state index is 14.2. The number of carbonyl (C=O) groups is 4. The van der Waals surface area contributed by atoms with Gasteiger partial charge in [0, 0.05) is 12.8 Å². The first-order chi connectivity index (χ1) is 18.4. The van der Waals surface area contributed by atoms with Crippen LogP contribution in [-0.4, -0.2) is 71.7 Å². The van der Waals surface area contributed by atoms with Crippen molar-refractivity contribution in [3.63, 3.8) is 0 Å². The molecule has 1 rings (SSSR count). The molecule has 0 aliphatic heterocycles. The highest BCUT2D eigenvalue weighted by molar-refractivity contribution is 7.55. The summed E-state index contributed by atoms with van der Waals surface area (Å²) < 4.78 is 33.9. The van der Waals surface area contributed by atoms with Crippen LogP contribution in [0.3, 0.4) is 0 Å². The first kappa shape index (κ1) is 33.3. The Morgan fingerprint density at radius 2 is 1.36 bits per heavy atom. The number of benzene rings is 1. The van der Waals surface area contributed by atoms with Crippen molar-refractivity contribution in [1.82, 2.24) is 14.8 Å². The highest BCUT2D eigenvalue weighted by Gasteiger charge is 2.38. The van der Waals surface area contributed by atoms with Gasteiger partial charge in [-0.1, -0.05) is 18.2 Å². The molecule has 0 saturated heterocycles. The third kappa shape index (κ3) is 13.6. The summed E-state index contributed by atoms with van der Waals surface area (Å²) in [6.07, 6.45) is -0.170. The van der Waals surface area contributed by atoms with Crippen LogP contribution in [0.5, 0.6) is 5.75 Å². The second-order valence-electron chi connectivity index (χ2n) is 8.86. The molecular weight excluding hydrogens is 529 g/mol. The lowest BCUT2D eigenvalue weighted by molar-refractivity contribution is -0.150. The smallest absolute Gasteiger partial charge is 0.391 e. The van der Waals surface area contributed by atoms with Gasteiger partial charge in [0.2, 0.25) is 11.6 Å². The van der Waals surface area contributed by atoms with Crippen LogP contribution >= 0.6 is 7.67 Å². The van der Waals surface area contributed by atoms with E-state index in [1.807, 2.05) is 0 Å². The summed E-state index contributed by atoms with van der Waals surface area (Å²) >= 11 is 0. The number of esters is 2. The van der Waals surface area contributed by atoms with Gasteiger partial charge in [0.05, 0.1) is 12.2 Å². The van der Waals surface area contributed by atoms with Crippen LogP contribution in [0.25, 0.3) is 5.53 Å². The molecule has 0 heterocycles. The minimum atomic E-state index is -4.35. The number of hydrogen-bond donors (Lipinski definition) is 2. The van der Waals surface area contributed by atoms with Crippen molar-refractivity contribution in [3.8, 4) is 5.75 Å². The number of carbonyl (C=O) groups excluding carboxylic acids is 4. The minimum Gasteiger partial charge on any atom is -0.462 e. The van der Waals surface area contributed by atoms with Crippen molar-refractivity contribution >= 4 is 50.3 Å². The van der Waals surface area contributed by atoms with Crippen molar-refractivity contribution in [3.05, 3.63) is 35.9 Å². The quantitative estimate of drug-likeness (QED) is 0.0875. The zero-order valence-electron chi connectivity index (χ0n) is 22.4. The number of ether oxygens (including phenoxy) is 2. The molecule has 39 heavy (non-hydrogen) atoms. The molecule has 212 valence electrons. The van der Waals surface area contributed by atoms with Crippen molar-refractivity contribution in [2.24, 2.45) is 0 Å². The fourth-order valence-corrected chi connectivity index (χ4v) is 4.99. The van der Waals surface area contributed by atoms with Gasteiger partial charge >= 0.3 is 32.0 Å². The summed E-state index contributed by atoms with van der Waals surface area (Å²) in [6.45, 7) is 9.69. The van der Waals surface area contributed by atoms with E-state index in [1.165, 1.54) is 12.1 Å². The molecule has 2 N–H and O–H groups in total. The Hall–Kier alpha value is -3.72. The Labute approximate surface area is 227 Å². The normalized spacial score (nSPS) is 13.7. The molecule has 1 unspecified atom stereocenters. The molecule has 0 spiro atoms. The van der Waals surface area contributed by atoms with E-state index in [0.717, 1.165) is 6.21 Å². The highest BCUT2D eigenvalue weighted by atomic mass is 31.2. The second-order valence-corrected chi connectivity index (χ2v) is 10.7. The van der Waals surface area contributed by atoms with Gasteiger partial charge < -0.3 is 19.5 Å². The van der Waals surface area contributed by atoms with E-state index >= 15 is 0 Å². The molecule has 0 fully saturated rings. The Kier molecular flexibility index (Phi) is 14.5. The number of Topliss-reactive ketones (excluding diaryl/α,β-unsaturated/α-hetero) is 2. The van der Waals surface area contributed by atoms with Crippen molar-refractivity contribution in [2.75, 3.05) is 0 Å². The van der Waals surface area contributed by atoms with E-state index in [1.54, 1.807) is 45.9 Å². The van der Waals surface area contributed by atoms with Crippen molar-refractivity contribution < 1.29 is 42.5 Å². The molecule has 0 bridgehead atoms. The first-order valence-electron chi connectivity index (χ1n) is 12.2. The fourth-order valence-electron chi connectivity index (χ4n) is 3.10. The van der Waals surface area contributed by atoms with Gasteiger partial charge in [0.15, 0.2) is 0 Å². The van der Waals surface area contributed by atoms with Gasteiger partial charge in [0.1, 0.15) is 17.8 Å². The molecule has 1 aromatic carbocycles. The number of hydrogen-bond acceptors (Lipinski definition) is 8. The summed E-state index contributed by atoms with van der Waals surface area (Å²) in [5, 5.41) is 5.20. The molecule has 0 radical (unpaired) electrons. The molecule has 13 nitrogen and oxygen atoms in total. The molecule has 0 aliphatic carbocycles. The summed E-state index contributed by atoms with van der Waals surface area (Å²) in [6, 6.07) is 5.32. The third-order valence-electron chi connectivity index (χ3n) is 4.70. The van der Waals surface area contributed by atoms with E-state index in [-0.39, 0.29) is 31.4 Å². The van der Waals surface area contributed by atoms with Crippen LogP contribution in [0, 0.1) is 0 Å². The maximum Gasteiger partial charge on any atom is 0.391 e. The Bertz CT molecular complexity index is 1080. The van der Waals surface area contributed by atoms with E-state index in [4.69, 9.17) is 19.5 Å². The lowest BCUT2D eigenvalue weighted by Gasteiger charge is -2.29. The minimum absolute atomic E-state index is 0.136. The molecule has 0 amide bonds. The Morgan fingerprint density at radius 1 is 0.897 bits per heavy atom. The average Bonchev–Trinajstić information content (AvgIpc) is 2.84. The second kappa shape index (κ2) is 17.0. The predicted molar refractivity (Wildman–Crippen MR) is 144 cm³/mol. The van der Waals surface area contributed by atoms with Gasteiger partial charge in [-0.05, 0) is 52.7 Å². The van der Waals surface area contributed by atoms with Gasteiger partial charge in [-0.15, -0.1) is 4.67 Å². The molecule has 3 atom stereocenters. The maximum atomic E-state index is 14.2. The van der Waals surface area contributed by atoms with E-state index in [2.05, 4.69) is 26.3 Å². The lowest BCUT2D eigenvalue weighted by Crippen LogP contribution is -2.46. The molecular formula is C25H35N5O8P+. The molecule has 0 saturated carbocycles. The van der Waals surface area contributed by atoms with Gasteiger partial charge in [-0.2, -0.15) is 4.79 Å². The van der Waals surface area contributed by atoms with Crippen LogP contribution < -0.4 is 19.4 Å². The van der Waals surface area contributed by atoms with Crippen LogP contribution in [0.1, 0.15) is 53.4 Å². The number of rotatable bonds is 18. The number of para-hydroxylation sites is 1. The van der Waals surface area contributed by atoms with E-state index < -0.39 is 55.5 Å². The summed E-state index contributed by atoms with van der Waals surface area (Å²) in [4.78, 5) is 52.3. The highest BCUT2D eigenvalue weighted by Crippen LogP contribution is 2.41. The Morgan fingerprint density at radius 3 is 1.77 bits per heavy atom. The summed E-state index contributed by atoms with van der Waals surface area (Å²) in [5.74, 6) is -2.53. The van der Waals surface area contributed by atoms with Gasteiger partial charge in [-0.25, -0.2) is 14.7 Å². The first-order valence-corrected chi connectivity index (χ1v) is 13.8. The van der Waals surface area contributed by atoms with Gasteiger partial charge in [0.25, 0.3) is 6.72 Å². The molecule has 1 aromatic rings. The van der Waals surface area contributed by atoms with Gasteiger partial charge in [-0.3, -0.25) is 19.2 Å². The average molecular weight is 565 g/mol. The molecule has 14 heteroatoms. The standard InChI is InChI=1S/C25H35N5O8P/c1-17(2)36-24(33)22(13-11-19(31)15-27-5)29-39(35,38-21-9-7-6-8-10-21)30-23(25(34)37-18(3)4)14-12-20(32)16-28-26/h6-10,15-18,22-23H,5,11-14H2,1-4H3,(H2,29,30,35)/q+1/t22-,23-,39?/m0/s1. The SMILES string of the molecule is C=[N+]=CC(=O)CC[C@H](NP(=O)(N[C@@H](CCC(=O)C=[N+]=[N-])C(=O)OC(C)C)Oc1ccccc1)C(=O)OC(C)C. The molecule has 0 aliphatic rings. The van der Waals surface area contributed by atoms with Crippen LogP contribution in [0.2, 0.25) is 0 Å². The lowest BCUT2D eigenvalue weighted by atomic mass is 10.1. The van der Waals surface area contributed by atoms with Crippen LogP contribution in [0.4, 0.5) is 0 Å². The van der Waals surface area contributed by atoms with Crippen LogP contribution in [-0.2, 0) is 33.2 Å². The van der Waals surface area contributed by atoms with Crippen molar-refractivity contribution in [2.45, 2.75) is 77.7 Å². The van der Waals surface area contributed by atoms with E-state index in [9.17, 15) is 23.7 Å². The number of nitrogens with zero attached hydrogens (tertiary/aromatic N) is 3. The fraction of sp³-hybridized carbons (Fsp3) is 0.480. The monoisotopic (exact) mass is 564 g/mol. The largest absolute Gasteiger partial charge is 0.462 e. The summed E-state index contributed by atoms with van der Waals surface area (Å²) in [5.41, 5.74) is 8.60. The topological polar surface area (TPSA) is 188 Å². The number of nitrogens with one attached hydrogen (secondary N) is 2. The Balaban J connectivity index is 3.41. The number of ketones is 2. The zero-order valence-corrected chi connectivity index (χ0v) is 23.3. The zero-order chi connectivity index (χ0) is 29.4. The predicted octanol–water partition coefficient (Wildman–Crippen LogP) is 1.83.